The first kappa shape index (κ1) is 57.8. The minimum absolute atomic E-state index is 0.125. The fourth-order valence-corrected chi connectivity index (χ4v) is 7.79. The van der Waals surface area contributed by atoms with Gasteiger partial charge in [-0.15, -0.1) is 0 Å². The largest absolute Gasteiger partial charge is 0.496 e. The van der Waals surface area contributed by atoms with E-state index in [0.717, 1.165) is 84.9 Å². The number of aldehydes is 1. The lowest BCUT2D eigenvalue weighted by atomic mass is 9.98. The van der Waals surface area contributed by atoms with Gasteiger partial charge in [-0.05, 0) is 121 Å². The highest BCUT2D eigenvalue weighted by atomic mass is 16.6. The van der Waals surface area contributed by atoms with Crippen LogP contribution in [0.25, 0.3) is 46.6 Å². The quantitative estimate of drug-likeness (QED) is 0.0454. The second kappa shape index (κ2) is 26.3. The smallest absolute Gasteiger partial charge is 0.326 e. The Kier molecular flexibility index (Phi) is 19.8. The zero-order valence-electron chi connectivity index (χ0n) is 44.2. The van der Waals surface area contributed by atoms with Crippen molar-refractivity contribution in [2.75, 3.05) is 68.1 Å². The van der Waals surface area contributed by atoms with Crippen LogP contribution in [0.3, 0.4) is 0 Å². The third kappa shape index (κ3) is 14.1. The number of carboxylic acid groups (broad SMARTS) is 2. The van der Waals surface area contributed by atoms with Crippen molar-refractivity contribution in [2.45, 2.75) is 45.3 Å². The first-order chi connectivity index (χ1) is 36.9. The number of hydrogen-bond acceptors (Lipinski definition) is 17. The molecule has 0 radical (unpaired) electrons. The van der Waals surface area contributed by atoms with Crippen LogP contribution >= 0.6 is 0 Å². The van der Waals surface area contributed by atoms with Crippen LogP contribution < -0.4 is 48.9 Å². The number of nitrogens with zero attached hydrogens (tertiary/aromatic N) is 2. The molecule has 0 saturated heterocycles. The van der Waals surface area contributed by atoms with E-state index >= 15 is 0 Å². The normalized spacial score (nSPS) is 13.9. The Morgan fingerprint density at radius 3 is 1.38 bits per heavy atom. The highest BCUT2D eigenvalue weighted by Gasteiger charge is 2.32. The molecule has 0 bridgehead atoms. The first-order valence-corrected chi connectivity index (χ1v) is 24.2. The second-order valence-electron chi connectivity index (χ2n) is 18.1. The van der Waals surface area contributed by atoms with Gasteiger partial charge < -0.3 is 64.1 Å². The van der Waals surface area contributed by atoms with E-state index in [9.17, 15) is 24.6 Å². The van der Waals surface area contributed by atoms with Crippen LogP contribution in [0.15, 0.2) is 85.5 Å². The molecule has 2 aromatic heterocycles. The summed E-state index contributed by atoms with van der Waals surface area (Å²) in [7, 11) is 6.14. The van der Waals surface area contributed by atoms with Gasteiger partial charge in [-0.3, -0.25) is 29.7 Å². The highest BCUT2D eigenvalue weighted by Crippen LogP contribution is 2.39. The predicted molar refractivity (Wildman–Crippen MR) is 290 cm³/mol. The predicted octanol–water partition coefficient (Wildman–Crippen LogP) is 7.55. The lowest BCUT2D eigenvalue weighted by molar-refractivity contribution is -0.146. The topological polar surface area (TPSA) is 270 Å². The SMILES string of the molecule is CC(N)(CO)C(=O)O.COc1cc(/C=C/c2cncc(-c3ccc4c(c3)OCCO4)c2C)cc(OC)c1C=O.COc1cc(/C=C/c2cncc(-c3ccc4c(c3)OCCO4)c2C)cc(OC)c1CNC(C)(CO)C(=O)O. The zero-order valence-corrected chi connectivity index (χ0v) is 44.2. The van der Waals surface area contributed by atoms with Crippen LogP contribution in [0.4, 0.5) is 0 Å². The van der Waals surface area contributed by atoms with E-state index in [4.69, 9.17) is 53.8 Å². The number of hydrogen-bond donors (Lipinski definition) is 6. The van der Waals surface area contributed by atoms with Crippen molar-refractivity contribution in [1.82, 2.24) is 15.3 Å². The number of ether oxygens (including phenoxy) is 8. The summed E-state index contributed by atoms with van der Waals surface area (Å²) in [5, 5.41) is 38.3. The van der Waals surface area contributed by atoms with E-state index in [-0.39, 0.29) is 6.54 Å². The van der Waals surface area contributed by atoms with Gasteiger partial charge in [0.25, 0.3) is 0 Å². The van der Waals surface area contributed by atoms with E-state index in [0.29, 0.717) is 60.6 Å². The van der Waals surface area contributed by atoms with Crippen molar-refractivity contribution < 1.29 is 72.7 Å². The van der Waals surface area contributed by atoms with Crippen LogP contribution in [0.1, 0.15) is 63.1 Å². The summed E-state index contributed by atoms with van der Waals surface area (Å²) in [6.07, 6.45) is 15.9. The molecule has 77 heavy (non-hydrogen) atoms. The molecule has 406 valence electrons. The number of aliphatic hydroxyl groups is 2. The average Bonchev–Trinajstić information content (AvgIpc) is 3.45. The fraction of sp³-hybridized carbons (Fsp3) is 0.293. The maximum Gasteiger partial charge on any atom is 0.326 e. The van der Waals surface area contributed by atoms with Crippen molar-refractivity contribution in [1.29, 1.82) is 0 Å². The van der Waals surface area contributed by atoms with E-state index in [2.05, 4.69) is 22.2 Å². The number of carbonyl (C=O) groups excluding carboxylic acids is 1. The Balaban J connectivity index is 0.000000222. The second-order valence-corrected chi connectivity index (χ2v) is 18.1. The number of pyridine rings is 2. The molecule has 0 saturated carbocycles. The van der Waals surface area contributed by atoms with E-state index < -0.39 is 36.2 Å². The van der Waals surface area contributed by atoms with Gasteiger partial charge in [0.2, 0.25) is 0 Å². The zero-order chi connectivity index (χ0) is 55.9. The number of nitrogens with one attached hydrogen (secondary N) is 1. The summed E-state index contributed by atoms with van der Waals surface area (Å²) >= 11 is 0. The van der Waals surface area contributed by atoms with Crippen LogP contribution in [0, 0.1) is 13.8 Å². The highest BCUT2D eigenvalue weighted by molar-refractivity contribution is 5.86. The molecule has 7 N–H and O–H groups in total. The average molecular weight is 1060 g/mol. The Morgan fingerprint density at radius 1 is 0.610 bits per heavy atom. The van der Waals surface area contributed by atoms with Crippen LogP contribution in [0.5, 0.6) is 46.0 Å². The number of fused-ring (bicyclic) bond motifs is 2. The standard InChI is InChI=1S/C29H32N2O7.C25H23NO5.C4H9NO3/c1-18-21(14-30-15-22(18)20-7-8-24-27(13-20)38-10-9-37-24)6-5-19-11-25(35-3)23(26(12-19)36-4)16-31-29(2,17-32)28(33)34;1-16-19(5-4-17-10-23(28-2)21(15-27)24(11-17)29-3)13-26-14-20(16)18-6-7-22-25(12-18)31-9-8-30-22;1-4(5,2-6)3(7)8/h5-8,11-15,31-32H,9-10,16-17H2,1-4H3,(H,33,34);4-7,10-15H,8-9H2,1-3H3;6H,2,5H2,1H3,(H,7,8)/b6-5+;5-4+;. The number of rotatable bonds is 18. The molecule has 2 unspecified atom stereocenters. The minimum Gasteiger partial charge on any atom is -0.496 e. The van der Waals surface area contributed by atoms with Gasteiger partial charge in [-0.2, -0.15) is 0 Å². The van der Waals surface area contributed by atoms with Gasteiger partial charge in [0.1, 0.15) is 60.5 Å². The molecule has 4 aromatic carbocycles. The summed E-state index contributed by atoms with van der Waals surface area (Å²) in [6, 6.07) is 19.1. The molecule has 2 aliphatic heterocycles. The van der Waals surface area contributed by atoms with Gasteiger partial charge in [0.05, 0.1) is 47.2 Å². The molecule has 2 aliphatic rings. The van der Waals surface area contributed by atoms with Gasteiger partial charge in [-0.25, -0.2) is 0 Å². The Bertz CT molecular complexity index is 3090. The molecule has 8 rings (SSSR count). The van der Waals surface area contributed by atoms with Gasteiger partial charge >= 0.3 is 11.9 Å². The van der Waals surface area contributed by atoms with Crippen molar-refractivity contribution in [2.24, 2.45) is 5.73 Å². The molecular formula is C58H64N4O15. The molecule has 19 nitrogen and oxygen atoms in total. The Labute approximate surface area is 446 Å². The van der Waals surface area contributed by atoms with E-state index in [1.54, 1.807) is 26.4 Å². The van der Waals surface area contributed by atoms with Gasteiger partial charge in [-0.1, -0.05) is 36.4 Å². The van der Waals surface area contributed by atoms with Crippen LogP contribution in [0.2, 0.25) is 0 Å². The Morgan fingerprint density at radius 2 is 1.03 bits per heavy atom. The fourth-order valence-electron chi connectivity index (χ4n) is 7.79. The number of benzene rings is 4. The molecule has 2 atom stereocenters. The number of aliphatic carboxylic acids is 2. The Hall–Kier alpha value is -8.49. The lowest BCUT2D eigenvalue weighted by Crippen LogP contribution is -2.52. The molecular weight excluding hydrogens is 993 g/mol. The first-order valence-electron chi connectivity index (χ1n) is 24.2. The summed E-state index contributed by atoms with van der Waals surface area (Å²) in [4.78, 5) is 41.7. The lowest BCUT2D eigenvalue weighted by Gasteiger charge is -2.25. The van der Waals surface area contributed by atoms with Crippen molar-refractivity contribution in [3.8, 4) is 68.2 Å². The van der Waals surface area contributed by atoms with Gasteiger partial charge in [0, 0.05) is 48.0 Å². The molecule has 0 amide bonds. The molecule has 0 spiro atoms. The summed E-state index contributed by atoms with van der Waals surface area (Å²) in [5.74, 6) is 2.63. The number of aromatic nitrogens is 2. The van der Waals surface area contributed by atoms with Gasteiger partial charge in [0.15, 0.2) is 29.3 Å². The molecule has 0 fully saturated rings. The van der Waals surface area contributed by atoms with E-state index in [1.165, 1.54) is 28.1 Å². The summed E-state index contributed by atoms with van der Waals surface area (Å²) in [5.41, 5.74) is 12.8. The van der Waals surface area contributed by atoms with E-state index in [1.807, 2.05) is 105 Å². The minimum atomic E-state index is -1.50. The monoisotopic (exact) mass is 1060 g/mol. The molecule has 19 heteroatoms. The number of carbonyl (C=O) groups is 3. The maximum atomic E-state index is 11.6. The maximum absolute atomic E-state index is 11.6. The third-order valence-corrected chi connectivity index (χ3v) is 12.7. The summed E-state index contributed by atoms with van der Waals surface area (Å²) in [6.45, 7) is 7.98. The van der Waals surface area contributed by atoms with Crippen molar-refractivity contribution in [3.05, 3.63) is 130 Å². The number of carboxylic acids is 2. The third-order valence-electron chi connectivity index (χ3n) is 12.7. The number of aliphatic hydroxyl groups excluding tert-OH is 2. The van der Waals surface area contributed by atoms with Crippen LogP contribution in [-0.4, -0.2) is 128 Å². The summed E-state index contributed by atoms with van der Waals surface area (Å²) < 4.78 is 44.6. The van der Waals surface area contributed by atoms with Crippen molar-refractivity contribution >= 4 is 42.5 Å². The number of methoxy groups -OCH3 is 4. The van der Waals surface area contributed by atoms with Crippen LogP contribution in [-0.2, 0) is 16.1 Å². The molecule has 4 heterocycles. The molecule has 6 aromatic rings. The van der Waals surface area contributed by atoms with Crippen molar-refractivity contribution in [3.63, 3.8) is 0 Å². The number of nitrogens with two attached hydrogens (primary N) is 1. The molecule has 0 aliphatic carbocycles.